The third-order valence-corrected chi connectivity index (χ3v) is 2.42. The molecule has 0 fully saturated rings. The first-order valence-electron chi connectivity index (χ1n) is 5.34. The van der Waals surface area contributed by atoms with E-state index in [0.717, 1.165) is 17.7 Å². The van der Waals surface area contributed by atoms with Crippen molar-refractivity contribution in [2.24, 2.45) is 0 Å². The van der Waals surface area contributed by atoms with Gasteiger partial charge in [-0.15, -0.1) is 0 Å². The molecule has 0 N–H and O–H groups in total. The summed E-state index contributed by atoms with van der Waals surface area (Å²) in [6, 6.07) is 9.94. The summed E-state index contributed by atoms with van der Waals surface area (Å²) in [4.78, 5) is 10.9. The third kappa shape index (κ3) is 2.57. The van der Waals surface area contributed by atoms with Crippen molar-refractivity contribution in [1.29, 1.82) is 0 Å². The number of ketones is 1. The quantitative estimate of drug-likeness (QED) is 0.783. The van der Waals surface area contributed by atoms with Gasteiger partial charge in [-0.05, 0) is 31.0 Å². The number of carbonyl (C=O) groups is 1. The minimum Gasteiger partial charge on any atom is -0.300 e. The van der Waals surface area contributed by atoms with Crippen molar-refractivity contribution in [3.8, 4) is 5.69 Å². The van der Waals surface area contributed by atoms with E-state index in [0.29, 0.717) is 6.42 Å². The molecule has 16 heavy (non-hydrogen) atoms. The van der Waals surface area contributed by atoms with Crippen LogP contribution in [0.1, 0.15) is 18.9 Å². The van der Waals surface area contributed by atoms with Crippen LogP contribution in [0.25, 0.3) is 5.69 Å². The number of hydrogen-bond acceptors (Lipinski definition) is 2. The molecule has 1 aromatic carbocycles. The normalized spacial score (nSPS) is 10.3. The van der Waals surface area contributed by atoms with E-state index in [2.05, 4.69) is 5.10 Å². The number of benzene rings is 1. The molecular formula is C13H14N2O. The highest BCUT2D eigenvalue weighted by molar-refractivity contribution is 5.75. The van der Waals surface area contributed by atoms with Crippen LogP contribution in [0.5, 0.6) is 0 Å². The lowest BCUT2D eigenvalue weighted by Crippen LogP contribution is -1.94. The smallest absolute Gasteiger partial charge is 0.130 e. The topological polar surface area (TPSA) is 34.9 Å². The van der Waals surface area contributed by atoms with Gasteiger partial charge in [0.2, 0.25) is 0 Å². The second kappa shape index (κ2) is 4.75. The average molecular weight is 214 g/mol. The molecule has 3 nitrogen and oxygen atoms in total. The number of aryl methyl sites for hydroxylation is 1. The molecular weight excluding hydrogens is 200 g/mol. The summed E-state index contributed by atoms with van der Waals surface area (Å²) in [7, 11) is 0. The molecule has 0 radical (unpaired) electrons. The molecule has 0 spiro atoms. The van der Waals surface area contributed by atoms with Crippen molar-refractivity contribution in [1.82, 2.24) is 9.78 Å². The monoisotopic (exact) mass is 214 g/mol. The summed E-state index contributed by atoms with van der Waals surface area (Å²) in [5, 5.41) is 4.27. The van der Waals surface area contributed by atoms with Crippen LogP contribution in [0.2, 0.25) is 0 Å². The van der Waals surface area contributed by atoms with Gasteiger partial charge in [-0.2, -0.15) is 5.10 Å². The Morgan fingerprint density at radius 1 is 1.31 bits per heavy atom. The lowest BCUT2D eigenvalue weighted by Gasteiger charge is -1.98. The Morgan fingerprint density at radius 3 is 2.75 bits per heavy atom. The molecule has 2 rings (SSSR count). The van der Waals surface area contributed by atoms with Gasteiger partial charge >= 0.3 is 0 Å². The Hall–Kier alpha value is -1.90. The highest BCUT2D eigenvalue weighted by atomic mass is 16.1. The first kappa shape index (κ1) is 10.6. The van der Waals surface area contributed by atoms with Crippen LogP contribution in [0.3, 0.4) is 0 Å². The van der Waals surface area contributed by atoms with Crippen LogP contribution in [0.4, 0.5) is 0 Å². The minimum atomic E-state index is 0.215. The first-order chi connectivity index (χ1) is 7.75. The predicted molar refractivity (Wildman–Crippen MR) is 62.6 cm³/mol. The molecule has 0 atom stereocenters. The molecule has 0 saturated carbocycles. The van der Waals surface area contributed by atoms with Crippen LogP contribution in [-0.2, 0) is 11.2 Å². The molecule has 0 aliphatic heterocycles. The van der Waals surface area contributed by atoms with Gasteiger partial charge in [-0.1, -0.05) is 18.2 Å². The van der Waals surface area contributed by atoms with Crippen molar-refractivity contribution in [2.75, 3.05) is 0 Å². The summed E-state index contributed by atoms with van der Waals surface area (Å²) in [6.45, 7) is 1.61. The van der Waals surface area contributed by atoms with Gasteiger partial charge in [0.25, 0.3) is 0 Å². The molecule has 0 saturated heterocycles. The fourth-order valence-electron chi connectivity index (χ4n) is 1.53. The van der Waals surface area contributed by atoms with Gasteiger partial charge in [0.1, 0.15) is 5.78 Å². The Balaban J connectivity index is 2.11. The maximum Gasteiger partial charge on any atom is 0.130 e. The summed E-state index contributed by atoms with van der Waals surface area (Å²) in [6.07, 6.45) is 5.14. The molecule has 0 unspecified atom stereocenters. The van der Waals surface area contributed by atoms with Crippen LogP contribution in [-0.4, -0.2) is 15.6 Å². The molecule has 0 amide bonds. The van der Waals surface area contributed by atoms with Crippen LogP contribution >= 0.6 is 0 Å². The molecule has 3 heteroatoms. The first-order valence-corrected chi connectivity index (χ1v) is 5.34. The van der Waals surface area contributed by atoms with Gasteiger partial charge in [-0.3, -0.25) is 0 Å². The lowest BCUT2D eigenvalue weighted by atomic mass is 10.1. The number of nitrogens with zero attached hydrogens (tertiary/aromatic N) is 2. The fourth-order valence-corrected chi connectivity index (χ4v) is 1.53. The van der Waals surface area contributed by atoms with Gasteiger partial charge in [0.05, 0.1) is 11.9 Å². The molecule has 0 bridgehead atoms. The highest BCUT2D eigenvalue weighted by Crippen LogP contribution is 2.09. The van der Waals surface area contributed by atoms with E-state index in [1.165, 1.54) is 0 Å². The van der Waals surface area contributed by atoms with Crippen LogP contribution in [0.15, 0.2) is 42.7 Å². The van der Waals surface area contributed by atoms with Crippen molar-refractivity contribution >= 4 is 5.78 Å². The Kier molecular flexibility index (Phi) is 3.15. The maximum atomic E-state index is 10.9. The Bertz CT molecular complexity index is 474. The summed E-state index contributed by atoms with van der Waals surface area (Å²) in [5.41, 5.74) is 2.13. The van der Waals surface area contributed by atoms with E-state index in [4.69, 9.17) is 0 Å². The zero-order chi connectivity index (χ0) is 11.4. The Labute approximate surface area is 94.7 Å². The fraction of sp³-hybridized carbons (Fsp3) is 0.231. The van der Waals surface area contributed by atoms with E-state index in [-0.39, 0.29) is 5.78 Å². The predicted octanol–water partition coefficient (Wildman–Crippen LogP) is 2.39. The molecule has 2 aromatic rings. The Morgan fingerprint density at radius 2 is 2.06 bits per heavy atom. The summed E-state index contributed by atoms with van der Waals surface area (Å²) in [5.74, 6) is 0.215. The average Bonchev–Trinajstić information content (AvgIpc) is 2.76. The van der Waals surface area contributed by atoms with Crippen molar-refractivity contribution < 1.29 is 4.79 Å². The number of aromatic nitrogens is 2. The van der Waals surface area contributed by atoms with Crippen LogP contribution < -0.4 is 0 Å². The number of hydrogen-bond donors (Lipinski definition) is 0. The van der Waals surface area contributed by atoms with Crippen LogP contribution in [0, 0.1) is 0 Å². The van der Waals surface area contributed by atoms with Crippen molar-refractivity contribution in [2.45, 2.75) is 19.8 Å². The number of Topliss-reactive ketones (excluding diaryl/α,β-unsaturated/α-hetero) is 1. The molecule has 1 aromatic heterocycles. The number of carbonyl (C=O) groups excluding carboxylic acids is 1. The second-order valence-electron chi connectivity index (χ2n) is 3.83. The lowest BCUT2D eigenvalue weighted by molar-refractivity contribution is -0.116. The molecule has 82 valence electrons. The summed E-state index contributed by atoms with van der Waals surface area (Å²) < 4.78 is 1.83. The zero-order valence-corrected chi connectivity index (χ0v) is 9.26. The summed E-state index contributed by atoms with van der Waals surface area (Å²) >= 11 is 0. The second-order valence-corrected chi connectivity index (χ2v) is 3.83. The van der Waals surface area contributed by atoms with E-state index in [9.17, 15) is 4.79 Å². The van der Waals surface area contributed by atoms with E-state index >= 15 is 0 Å². The number of para-hydroxylation sites is 1. The standard InChI is InChI=1S/C13H14N2O/c1-11(16)7-8-12-9-14-15(10-12)13-5-3-2-4-6-13/h2-6,9-10H,7-8H2,1H3. The van der Waals surface area contributed by atoms with E-state index < -0.39 is 0 Å². The van der Waals surface area contributed by atoms with Gasteiger partial charge in [-0.25, -0.2) is 4.68 Å². The SMILES string of the molecule is CC(=O)CCc1cnn(-c2ccccc2)c1. The maximum absolute atomic E-state index is 10.9. The van der Waals surface area contributed by atoms with Crippen molar-refractivity contribution in [3.63, 3.8) is 0 Å². The largest absolute Gasteiger partial charge is 0.300 e. The van der Waals surface area contributed by atoms with E-state index in [1.54, 1.807) is 6.92 Å². The van der Waals surface area contributed by atoms with E-state index in [1.807, 2.05) is 47.4 Å². The van der Waals surface area contributed by atoms with Crippen molar-refractivity contribution in [3.05, 3.63) is 48.3 Å². The van der Waals surface area contributed by atoms with Gasteiger partial charge in [0, 0.05) is 12.6 Å². The minimum absolute atomic E-state index is 0.215. The zero-order valence-electron chi connectivity index (χ0n) is 9.26. The molecule has 1 heterocycles. The molecule has 0 aliphatic rings. The highest BCUT2D eigenvalue weighted by Gasteiger charge is 2.01. The van der Waals surface area contributed by atoms with Gasteiger partial charge < -0.3 is 4.79 Å². The van der Waals surface area contributed by atoms with Gasteiger partial charge in [0.15, 0.2) is 0 Å². The molecule has 0 aliphatic carbocycles. The number of rotatable bonds is 4. The third-order valence-electron chi connectivity index (χ3n) is 2.42.